The largest absolute Gasteiger partial charge is 0.294 e. The average Bonchev–Trinajstić information content (AvgIpc) is 2.99. The van der Waals surface area contributed by atoms with Crippen molar-refractivity contribution in [1.29, 1.82) is 0 Å². The third-order valence-corrected chi connectivity index (χ3v) is 16.2. The Hall–Kier alpha value is -2.30. The molecule has 0 bridgehead atoms. The summed E-state index contributed by atoms with van der Waals surface area (Å²) < 4.78 is 106. The van der Waals surface area contributed by atoms with Gasteiger partial charge >= 0.3 is 0 Å². The van der Waals surface area contributed by atoms with E-state index in [1.165, 1.54) is 54.6 Å². The van der Waals surface area contributed by atoms with Crippen LogP contribution in [0.25, 0.3) is 0 Å². The van der Waals surface area contributed by atoms with Gasteiger partial charge in [0.05, 0.1) is 26.7 Å². The van der Waals surface area contributed by atoms with Gasteiger partial charge < -0.3 is 0 Å². The molecule has 3 unspecified atom stereocenters. The zero-order chi connectivity index (χ0) is 33.9. The fourth-order valence-corrected chi connectivity index (χ4v) is 13.4. The maximum Gasteiger partial charge on any atom is 0.294 e. The fraction of sp³-hybridized carbons (Fsp3) is 0.143. The van der Waals surface area contributed by atoms with Crippen molar-refractivity contribution in [3.05, 3.63) is 97.1 Å². The standard InChI is InChI=1S/C28H28O12P2S4/c1-19(41(21-7-3-11-25(15-21)43-40-39-29)22-8-4-12-26(16-22)44(30,31)32)20(2)42(23-9-5-13-27(17-23)45(33,34)35)24-10-6-14-28(18-24)46(36,37)38/h3-20,29H,1-2H3,(H,30,31,32)(H,33,34,35)(H,36,37,38). The molecule has 4 aromatic carbocycles. The molecule has 0 aliphatic heterocycles. The molecule has 4 rings (SSSR count). The number of hydrogen-bond acceptors (Lipinski definition) is 10. The first-order valence-electron chi connectivity index (χ1n) is 13.1. The maximum atomic E-state index is 12.1. The van der Waals surface area contributed by atoms with Crippen LogP contribution in [0.3, 0.4) is 0 Å². The van der Waals surface area contributed by atoms with Crippen LogP contribution in [0.5, 0.6) is 0 Å². The van der Waals surface area contributed by atoms with E-state index in [1.807, 2.05) is 19.9 Å². The molecule has 3 atom stereocenters. The molecule has 12 nitrogen and oxygen atoms in total. The Balaban J connectivity index is 1.94. The highest BCUT2D eigenvalue weighted by Gasteiger charge is 2.34. The van der Waals surface area contributed by atoms with Gasteiger partial charge in [0.15, 0.2) is 0 Å². The molecule has 0 spiro atoms. The fourth-order valence-electron chi connectivity index (χ4n) is 4.79. The summed E-state index contributed by atoms with van der Waals surface area (Å²) in [6.45, 7) is 3.80. The summed E-state index contributed by atoms with van der Waals surface area (Å²) >= 11 is 0.728. The van der Waals surface area contributed by atoms with Crippen molar-refractivity contribution in [2.24, 2.45) is 0 Å². The van der Waals surface area contributed by atoms with Crippen LogP contribution in [-0.4, -0.2) is 55.5 Å². The van der Waals surface area contributed by atoms with E-state index in [9.17, 15) is 38.9 Å². The molecule has 0 amide bonds. The maximum absolute atomic E-state index is 12.1. The highest BCUT2D eigenvalue weighted by Crippen LogP contribution is 2.52. The van der Waals surface area contributed by atoms with Crippen molar-refractivity contribution in [2.75, 3.05) is 0 Å². The van der Waals surface area contributed by atoms with Crippen LogP contribution in [0.1, 0.15) is 13.8 Å². The van der Waals surface area contributed by atoms with E-state index in [0.717, 1.165) is 17.3 Å². The lowest BCUT2D eigenvalue weighted by molar-refractivity contribution is -0.432. The van der Waals surface area contributed by atoms with Crippen molar-refractivity contribution in [2.45, 2.75) is 44.7 Å². The molecule has 4 aromatic rings. The van der Waals surface area contributed by atoms with Gasteiger partial charge in [-0.25, -0.2) is 5.26 Å². The second-order valence-electron chi connectivity index (χ2n) is 9.86. The molecular formula is C28H28O12P2S4. The van der Waals surface area contributed by atoms with Crippen LogP contribution in [0, 0.1) is 0 Å². The van der Waals surface area contributed by atoms with Crippen LogP contribution in [0.4, 0.5) is 0 Å². The van der Waals surface area contributed by atoms with Gasteiger partial charge in [0.25, 0.3) is 30.4 Å². The first-order chi connectivity index (χ1) is 21.5. The summed E-state index contributed by atoms with van der Waals surface area (Å²) in [5.74, 6) is 0. The summed E-state index contributed by atoms with van der Waals surface area (Å²) in [6.07, 6.45) is 0. The number of rotatable bonds is 13. The number of hydrogen-bond donors (Lipinski definition) is 4. The number of benzene rings is 4. The monoisotopic (exact) mass is 746 g/mol. The molecule has 0 aliphatic carbocycles. The molecule has 0 fully saturated rings. The van der Waals surface area contributed by atoms with Gasteiger partial charge in [-0.1, -0.05) is 67.4 Å². The first-order valence-corrected chi connectivity index (χ1v) is 20.9. The van der Waals surface area contributed by atoms with Crippen LogP contribution < -0.4 is 21.2 Å². The molecule has 0 aliphatic rings. The van der Waals surface area contributed by atoms with E-state index in [2.05, 4.69) is 9.37 Å². The van der Waals surface area contributed by atoms with Crippen molar-refractivity contribution in [3.63, 3.8) is 0 Å². The van der Waals surface area contributed by atoms with Gasteiger partial charge in [-0.3, -0.25) is 13.7 Å². The minimum Gasteiger partial charge on any atom is -0.282 e. The molecular weight excluding hydrogens is 719 g/mol. The van der Waals surface area contributed by atoms with Gasteiger partial charge in [-0.05, 0) is 96.9 Å². The van der Waals surface area contributed by atoms with E-state index in [0.29, 0.717) is 20.8 Å². The van der Waals surface area contributed by atoms with E-state index < -0.39 is 51.9 Å². The van der Waals surface area contributed by atoms with Gasteiger partial charge in [-0.2, -0.15) is 25.3 Å². The van der Waals surface area contributed by atoms with E-state index in [4.69, 9.17) is 5.26 Å². The Morgan fingerprint density at radius 3 is 1.22 bits per heavy atom. The zero-order valence-corrected chi connectivity index (χ0v) is 29.0. The van der Waals surface area contributed by atoms with Crippen LogP contribution in [-0.2, 0) is 39.7 Å². The van der Waals surface area contributed by atoms with Gasteiger partial charge in [0, 0.05) is 4.90 Å². The highest BCUT2D eigenvalue weighted by atomic mass is 32.2. The lowest BCUT2D eigenvalue weighted by atomic mass is 10.3. The summed E-state index contributed by atoms with van der Waals surface area (Å²) in [6, 6.07) is 24.2. The quantitative estimate of drug-likeness (QED) is 0.0499. The smallest absolute Gasteiger partial charge is 0.282 e. The van der Waals surface area contributed by atoms with E-state index >= 15 is 0 Å². The van der Waals surface area contributed by atoms with E-state index in [1.54, 1.807) is 36.4 Å². The predicted octanol–water partition coefficient (Wildman–Crippen LogP) is 4.20. The minimum atomic E-state index is -4.60. The normalized spacial score (nSPS) is 14.6. The van der Waals surface area contributed by atoms with Crippen molar-refractivity contribution < 1.29 is 53.5 Å². The van der Waals surface area contributed by atoms with Crippen LogP contribution in [0.2, 0.25) is 0 Å². The third-order valence-electron chi connectivity index (χ3n) is 6.95. The van der Waals surface area contributed by atoms with Crippen LogP contribution >= 0.6 is 27.9 Å². The van der Waals surface area contributed by atoms with Gasteiger partial charge in [0.2, 0.25) is 0 Å². The second-order valence-corrected chi connectivity index (χ2v) is 20.1. The lowest BCUT2D eigenvalue weighted by Crippen LogP contribution is -2.32. The Kier molecular flexibility index (Phi) is 11.8. The zero-order valence-electron chi connectivity index (χ0n) is 24.0. The van der Waals surface area contributed by atoms with Gasteiger partial charge in [-0.15, -0.1) is 4.33 Å². The SMILES string of the molecule is CC(C(C)P(c1cccc(S(=O)(=O)O)c1)c1cccc(S(=O)(=O)O)c1)P(c1cccc(SOOO)c1)c1cccc(S(=O)(=O)O)c1. The topological polar surface area (TPSA) is 202 Å². The van der Waals surface area contributed by atoms with E-state index in [-0.39, 0.29) is 20.3 Å². The van der Waals surface area contributed by atoms with Gasteiger partial charge in [0.1, 0.15) is 0 Å². The minimum absolute atomic E-state index is 0.316. The Morgan fingerprint density at radius 1 is 0.565 bits per heavy atom. The molecule has 0 radical (unpaired) electrons. The summed E-state index contributed by atoms with van der Waals surface area (Å²) in [7, 11) is -16.9. The average molecular weight is 747 g/mol. The Labute approximate surface area is 273 Å². The lowest BCUT2D eigenvalue weighted by Gasteiger charge is -2.36. The first kappa shape index (κ1) is 36.5. The summed E-state index contributed by atoms with van der Waals surface area (Å²) in [5, 5.41) is 14.6. The molecule has 0 saturated carbocycles. The molecule has 0 aromatic heterocycles. The molecule has 246 valence electrons. The van der Waals surface area contributed by atoms with Crippen molar-refractivity contribution >= 4 is 79.5 Å². The second kappa shape index (κ2) is 14.9. The molecule has 18 heteroatoms. The summed E-state index contributed by atoms with van der Waals surface area (Å²) in [4.78, 5) is -0.498. The molecule has 0 heterocycles. The molecule has 46 heavy (non-hydrogen) atoms. The Morgan fingerprint density at radius 2 is 0.891 bits per heavy atom. The van der Waals surface area contributed by atoms with Crippen molar-refractivity contribution in [1.82, 2.24) is 0 Å². The molecule has 0 saturated heterocycles. The van der Waals surface area contributed by atoms with Crippen molar-refractivity contribution in [3.8, 4) is 0 Å². The summed E-state index contributed by atoms with van der Waals surface area (Å²) in [5.41, 5.74) is -0.742. The molecule has 4 N–H and O–H groups in total. The Bertz CT molecular complexity index is 1970. The predicted molar refractivity (Wildman–Crippen MR) is 177 cm³/mol. The van der Waals surface area contributed by atoms with Crippen LogP contribution in [0.15, 0.2) is 117 Å². The highest BCUT2D eigenvalue weighted by molar-refractivity contribution is 7.94. The third kappa shape index (κ3) is 8.98.